The van der Waals surface area contributed by atoms with Crippen LogP contribution in [0.3, 0.4) is 0 Å². The van der Waals surface area contributed by atoms with Gasteiger partial charge in [0.1, 0.15) is 11.7 Å². The second-order valence-electron chi connectivity index (χ2n) is 2.37. The van der Waals surface area contributed by atoms with Gasteiger partial charge in [0.2, 0.25) is 0 Å². The summed E-state index contributed by atoms with van der Waals surface area (Å²) in [6.45, 7) is 0. The average Bonchev–Trinajstić information content (AvgIpc) is 2.04. The van der Waals surface area contributed by atoms with Crippen LogP contribution < -0.4 is 11.5 Å². The first-order chi connectivity index (χ1) is 5.63. The van der Waals surface area contributed by atoms with E-state index in [0.29, 0.717) is 11.1 Å². The van der Waals surface area contributed by atoms with E-state index < -0.39 is 0 Å². The Labute approximate surface area is 70.2 Å². The second-order valence-corrected chi connectivity index (χ2v) is 2.37. The fourth-order valence-corrected chi connectivity index (χ4v) is 0.953. The molecule has 0 aliphatic heterocycles. The Morgan fingerprint density at radius 1 is 0.917 bits per heavy atom. The summed E-state index contributed by atoms with van der Waals surface area (Å²) in [4.78, 5) is 0. The summed E-state index contributed by atoms with van der Waals surface area (Å²) in [5.41, 5.74) is 11.6. The van der Waals surface area contributed by atoms with E-state index >= 15 is 0 Å². The van der Waals surface area contributed by atoms with Crippen LogP contribution in [0.1, 0.15) is 11.1 Å². The van der Waals surface area contributed by atoms with Crippen LogP contribution >= 0.6 is 0 Å². The maximum atomic E-state index is 7.20. The molecule has 0 saturated heterocycles. The largest absolute Gasteiger partial charge is 0.384 e. The Hall–Kier alpha value is -1.84. The predicted octanol–water partition coefficient (Wildman–Crippen LogP) is 0.255. The summed E-state index contributed by atoms with van der Waals surface area (Å²) in [5.74, 6) is -0.137. The van der Waals surface area contributed by atoms with Crippen molar-refractivity contribution in [3.05, 3.63) is 35.4 Å². The van der Waals surface area contributed by atoms with Gasteiger partial charge in [0.25, 0.3) is 0 Å². The van der Waals surface area contributed by atoms with Crippen LogP contribution in [0.4, 0.5) is 0 Å². The summed E-state index contributed by atoms with van der Waals surface area (Å²) in [6.07, 6.45) is 0. The van der Waals surface area contributed by atoms with Gasteiger partial charge < -0.3 is 11.5 Å². The van der Waals surface area contributed by atoms with Gasteiger partial charge in [-0.15, -0.1) is 0 Å². The number of nitrogens with one attached hydrogen (secondary N) is 2. The molecule has 6 N–H and O–H groups in total. The molecule has 0 amide bonds. The van der Waals surface area contributed by atoms with Gasteiger partial charge >= 0.3 is 0 Å². The molecular formula is C8H10N4. The van der Waals surface area contributed by atoms with E-state index in [1.54, 1.807) is 24.3 Å². The zero-order chi connectivity index (χ0) is 9.14. The second kappa shape index (κ2) is 3.04. The van der Waals surface area contributed by atoms with E-state index in [1.807, 2.05) is 0 Å². The zero-order valence-corrected chi connectivity index (χ0v) is 6.46. The third kappa shape index (κ3) is 1.42. The van der Waals surface area contributed by atoms with Crippen molar-refractivity contribution < 1.29 is 0 Å². The van der Waals surface area contributed by atoms with Crippen LogP contribution in [-0.2, 0) is 0 Å². The lowest BCUT2D eigenvalue weighted by atomic mass is 10.1. The molecule has 0 spiro atoms. The number of rotatable bonds is 2. The number of nitrogens with two attached hydrogens (primary N) is 2. The van der Waals surface area contributed by atoms with Gasteiger partial charge in [-0.3, -0.25) is 10.8 Å². The molecule has 0 aliphatic carbocycles. The summed E-state index contributed by atoms with van der Waals surface area (Å²) in [7, 11) is 0. The molecule has 12 heavy (non-hydrogen) atoms. The monoisotopic (exact) mass is 162 g/mol. The lowest BCUT2D eigenvalue weighted by Crippen LogP contribution is -2.20. The first-order valence-corrected chi connectivity index (χ1v) is 3.40. The molecule has 0 radical (unpaired) electrons. The maximum Gasteiger partial charge on any atom is 0.123 e. The molecule has 0 unspecified atom stereocenters. The van der Waals surface area contributed by atoms with Crippen molar-refractivity contribution in [2.24, 2.45) is 11.5 Å². The Morgan fingerprint density at radius 3 is 1.50 bits per heavy atom. The molecule has 62 valence electrons. The molecule has 1 aromatic rings. The topological polar surface area (TPSA) is 99.7 Å². The van der Waals surface area contributed by atoms with E-state index in [-0.39, 0.29) is 11.7 Å². The normalized spacial score (nSPS) is 9.33. The van der Waals surface area contributed by atoms with Gasteiger partial charge in [-0.05, 0) is 0 Å². The van der Waals surface area contributed by atoms with E-state index in [0.717, 1.165) is 0 Å². The molecule has 0 atom stereocenters. The van der Waals surface area contributed by atoms with Crippen molar-refractivity contribution in [1.29, 1.82) is 10.8 Å². The highest BCUT2D eigenvalue weighted by Gasteiger charge is 2.05. The average molecular weight is 162 g/mol. The van der Waals surface area contributed by atoms with Gasteiger partial charge in [0.05, 0.1) is 0 Å². The van der Waals surface area contributed by atoms with E-state index in [9.17, 15) is 0 Å². The summed E-state index contributed by atoms with van der Waals surface area (Å²) < 4.78 is 0. The molecule has 0 heterocycles. The fraction of sp³-hybridized carbons (Fsp3) is 0. The standard InChI is InChI=1S/C8H10N4/c9-7(10)5-3-1-2-4-6(5)8(11)12/h1-4H,(H3,9,10)(H3,11,12). The van der Waals surface area contributed by atoms with Crippen LogP contribution in [-0.4, -0.2) is 11.7 Å². The van der Waals surface area contributed by atoms with Gasteiger partial charge in [-0.1, -0.05) is 24.3 Å². The molecule has 4 nitrogen and oxygen atoms in total. The number of nitrogen functional groups attached to an aromatic ring is 2. The highest BCUT2D eigenvalue weighted by molar-refractivity contribution is 6.07. The molecule has 0 fully saturated rings. The van der Waals surface area contributed by atoms with Gasteiger partial charge in [-0.25, -0.2) is 0 Å². The van der Waals surface area contributed by atoms with Gasteiger partial charge in [0.15, 0.2) is 0 Å². The van der Waals surface area contributed by atoms with Crippen LogP contribution in [0.25, 0.3) is 0 Å². The Morgan fingerprint density at radius 2 is 1.25 bits per heavy atom. The van der Waals surface area contributed by atoms with Crippen molar-refractivity contribution in [2.75, 3.05) is 0 Å². The number of amidine groups is 2. The summed E-state index contributed by atoms with van der Waals surface area (Å²) >= 11 is 0. The van der Waals surface area contributed by atoms with Crippen molar-refractivity contribution in [3.63, 3.8) is 0 Å². The molecule has 1 aromatic carbocycles. The van der Waals surface area contributed by atoms with Gasteiger partial charge in [0, 0.05) is 11.1 Å². The summed E-state index contributed by atoms with van der Waals surface area (Å²) in [6, 6.07) is 6.84. The number of hydrogen-bond acceptors (Lipinski definition) is 2. The molecule has 0 bridgehead atoms. The summed E-state index contributed by atoms with van der Waals surface area (Å²) in [5, 5.41) is 14.4. The Balaban J connectivity index is 3.27. The van der Waals surface area contributed by atoms with E-state index in [4.69, 9.17) is 22.3 Å². The minimum absolute atomic E-state index is 0.0687. The third-order valence-electron chi connectivity index (χ3n) is 1.51. The minimum Gasteiger partial charge on any atom is -0.384 e. The van der Waals surface area contributed by atoms with Crippen LogP contribution in [0, 0.1) is 10.8 Å². The van der Waals surface area contributed by atoms with Crippen LogP contribution in [0.5, 0.6) is 0 Å². The Kier molecular flexibility index (Phi) is 2.09. The SMILES string of the molecule is N=C(N)c1ccccc1C(=N)N. The van der Waals surface area contributed by atoms with E-state index in [2.05, 4.69) is 0 Å². The lowest BCUT2D eigenvalue weighted by molar-refractivity contribution is 1.38. The smallest absolute Gasteiger partial charge is 0.123 e. The maximum absolute atomic E-state index is 7.20. The highest BCUT2D eigenvalue weighted by atomic mass is 14.7. The van der Waals surface area contributed by atoms with Crippen LogP contribution in [0.15, 0.2) is 24.3 Å². The molecule has 1 rings (SSSR count). The first kappa shape index (κ1) is 8.26. The quantitative estimate of drug-likeness (QED) is 0.370. The van der Waals surface area contributed by atoms with Crippen molar-refractivity contribution in [2.45, 2.75) is 0 Å². The number of hydrogen-bond donors (Lipinski definition) is 4. The van der Waals surface area contributed by atoms with E-state index in [1.165, 1.54) is 0 Å². The highest BCUT2D eigenvalue weighted by Crippen LogP contribution is 2.06. The predicted molar refractivity (Wildman–Crippen MR) is 48.5 cm³/mol. The third-order valence-corrected chi connectivity index (χ3v) is 1.51. The first-order valence-electron chi connectivity index (χ1n) is 3.40. The van der Waals surface area contributed by atoms with Crippen molar-refractivity contribution in [3.8, 4) is 0 Å². The lowest BCUT2D eigenvalue weighted by Gasteiger charge is -2.04. The van der Waals surface area contributed by atoms with Crippen molar-refractivity contribution in [1.82, 2.24) is 0 Å². The molecule has 0 saturated carbocycles. The molecule has 0 aliphatic rings. The minimum atomic E-state index is -0.0687. The molecule has 0 aromatic heterocycles. The van der Waals surface area contributed by atoms with Crippen molar-refractivity contribution >= 4 is 11.7 Å². The number of benzene rings is 1. The molecular weight excluding hydrogens is 152 g/mol. The van der Waals surface area contributed by atoms with Gasteiger partial charge in [-0.2, -0.15) is 0 Å². The fourth-order valence-electron chi connectivity index (χ4n) is 0.953. The van der Waals surface area contributed by atoms with Crippen LogP contribution in [0.2, 0.25) is 0 Å². The zero-order valence-electron chi connectivity index (χ0n) is 6.46. The Bertz CT molecular complexity index is 297. The molecule has 4 heteroatoms.